The molecule has 2 N–H and O–H groups in total. The summed E-state index contributed by atoms with van der Waals surface area (Å²) in [5, 5.41) is 0. The first kappa shape index (κ1) is 14.3. The number of amides is 1. The van der Waals surface area contributed by atoms with Gasteiger partial charge in [-0.3, -0.25) is 4.79 Å². The van der Waals surface area contributed by atoms with Crippen LogP contribution in [0.2, 0.25) is 0 Å². The van der Waals surface area contributed by atoms with Crippen molar-refractivity contribution in [3.05, 3.63) is 0 Å². The summed E-state index contributed by atoms with van der Waals surface area (Å²) in [6.45, 7) is 0.450. The van der Waals surface area contributed by atoms with Gasteiger partial charge in [-0.1, -0.05) is 12.8 Å². The minimum atomic E-state index is -4.34. The van der Waals surface area contributed by atoms with Crippen LogP contribution in [-0.4, -0.2) is 36.1 Å². The Bertz CT molecular complexity index is 268. The third-order valence-corrected chi connectivity index (χ3v) is 3.20. The number of rotatable bonds is 3. The molecule has 0 aromatic carbocycles. The smallest absolute Gasteiger partial charge is 0.334 e. The van der Waals surface area contributed by atoms with Gasteiger partial charge in [0, 0.05) is 12.6 Å². The van der Waals surface area contributed by atoms with Gasteiger partial charge in [0.2, 0.25) is 5.91 Å². The molecule has 0 bridgehead atoms. The van der Waals surface area contributed by atoms with E-state index in [0.717, 1.165) is 24.2 Å². The molecule has 0 spiro atoms. The SMILES string of the molecule is CCN(CC(F)(F)F)C(=O)C1CCCCC1N. The molecule has 0 saturated heterocycles. The van der Waals surface area contributed by atoms with Crippen molar-refractivity contribution in [2.75, 3.05) is 13.1 Å². The van der Waals surface area contributed by atoms with E-state index in [0.29, 0.717) is 6.42 Å². The van der Waals surface area contributed by atoms with Crippen molar-refractivity contribution in [3.8, 4) is 0 Å². The van der Waals surface area contributed by atoms with E-state index < -0.39 is 24.5 Å². The Balaban J connectivity index is 2.64. The van der Waals surface area contributed by atoms with Crippen LogP contribution >= 0.6 is 0 Å². The molecule has 17 heavy (non-hydrogen) atoms. The monoisotopic (exact) mass is 252 g/mol. The number of alkyl halides is 3. The maximum atomic E-state index is 12.3. The third kappa shape index (κ3) is 4.18. The van der Waals surface area contributed by atoms with Gasteiger partial charge in [0.05, 0.1) is 5.92 Å². The Hall–Kier alpha value is -0.780. The maximum Gasteiger partial charge on any atom is 0.406 e. The van der Waals surface area contributed by atoms with Crippen LogP contribution < -0.4 is 5.73 Å². The first-order valence-electron chi connectivity index (χ1n) is 5.96. The second-order valence-corrected chi connectivity index (χ2v) is 4.52. The van der Waals surface area contributed by atoms with E-state index in [-0.39, 0.29) is 12.6 Å². The summed E-state index contributed by atoms with van der Waals surface area (Å²) in [4.78, 5) is 12.8. The quantitative estimate of drug-likeness (QED) is 0.834. The molecule has 0 aliphatic heterocycles. The van der Waals surface area contributed by atoms with Gasteiger partial charge in [-0.15, -0.1) is 0 Å². The highest BCUT2D eigenvalue weighted by atomic mass is 19.4. The van der Waals surface area contributed by atoms with Crippen molar-refractivity contribution in [2.24, 2.45) is 11.7 Å². The summed E-state index contributed by atoms with van der Waals surface area (Å²) in [7, 11) is 0. The van der Waals surface area contributed by atoms with Gasteiger partial charge >= 0.3 is 6.18 Å². The summed E-state index contributed by atoms with van der Waals surface area (Å²) >= 11 is 0. The Labute approximate surface area is 99.1 Å². The number of hydrogen-bond donors (Lipinski definition) is 1. The largest absolute Gasteiger partial charge is 0.406 e. The van der Waals surface area contributed by atoms with E-state index in [1.165, 1.54) is 0 Å². The van der Waals surface area contributed by atoms with Crippen LogP contribution in [0.1, 0.15) is 32.6 Å². The number of hydrogen-bond acceptors (Lipinski definition) is 2. The van der Waals surface area contributed by atoms with Crippen molar-refractivity contribution in [3.63, 3.8) is 0 Å². The number of carbonyl (C=O) groups is 1. The third-order valence-electron chi connectivity index (χ3n) is 3.20. The normalized spacial score (nSPS) is 25.7. The molecule has 0 aromatic heterocycles. The molecule has 0 radical (unpaired) electrons. The molecule has 1 fully saturated rings. The fraction of sp³-hybridized carbons (Fsp3) is 0.909. The molecule has 6 heteroatoms. The van der Waals surface area contributed by atoms with Crippen molar-refractivity contribution in [1.29, 1.82) is 0 Å². The van der Waals surface area contributed by atoms with Crippen LogP contribution in [0.25, 0.3) is 0 Å². The van der Waals surface area contributed by atoms with E-state index >= 15 is 0 Å². The fourth-order valence-electron chi connectivity index (χ4n) is 2.26. The van der Waals surface area contributed by atoms with Crippen LogP contribution in [0.4, 0.5) is 13.2 Å². The van der Waals surface area contributed by atoms with Crippen LogP contribution in [0.5, 0.6) is 0 Å². The Morgan fingerprint density at radius 3 is 2.41 bits per heavy atom. The molecule has 3 nitrogen and oxygen atoms in total. The van der Waals surface area contributed by atoms with Crippen molar-refractivity contribution < 1.29 is 18.0 Å². The van der Waals surface area contributed by atoms with E-state index in [1.54, 1.807) is 6.92 Å². The number of halogens is 3. The molecule has 0 aromatic rings. The molecule has 2 unspecified atom stereocenters. The molecule has 1 amide bonds. The summed E-state index contributed by atoms with van der Waals surface area (Å²) in [5.74, 6) is -0.886. The highest BCUT2D eigenvalue weighted by Gasteiger charge is 2.37. The van der Waals surface area contributed by atoms with E-state index in [4.69, 9.17) is 5.73 Å². The van der Waals surface area contributed by atoms with Crippen LogP contribution in [0.15, 0.2) is 0 Å². The Morgan fingerprint density at radius 2 is 1.94 bits per heavy atom. The van der Waals surface area contributed by atoms with E-state index in [9.17, 15) is 18.0 Å². The predicted molar refractivity (Wildman–Crippen MR) is 58.2 cm³/mol. The summed E-state index contributed by atoms with van der Waals surface area (Å²) in [6.07, 6.45) is -1.19. The average molecular weight is 252 g/mol. The minimum absolute atomic E-state index is 0.0710. The van der Waals surface area contributed by atoms with Gasteiger partial charge in [-0.05, 0) is 19.8 Å². The summed E-state index contributed by atoms with van der Waals surface area (Å²) < 4.78 is 36.9. The van der Waals surface area contributed by atoms with Crippen molar-refractivity contribution >= 4 is 5.91 Å². The molecule has 1 aliphatic carbocycles. The van der Waals surface area contributed by atoms with Gasteiger partial charge < -0.3 is 10.6 Å². The van der Waals surface area contributed by atoms with Crippen molar-refractivity contribution in [1.82, 2.24) is 4.90 Å². The van der Waals surface area contributed by atoms with Gasteiger partial charge in [0.25, 0.3) is 0 Å². The molecule has 1 saturated carbocycles. The van der Waals surface area contributed by atoms with Gasteiger partial charge in [0.1, 0.15) is 6.54 Å². The fourth-order valence-corrected chi connectivity index (χ4v) is 2.26. The molecule has 2 atom stereocenters. The predicted octanol–water partition coefficient (Wildman–Crippen LogP) is 1.91. The zero-order valence-electron chi connectivity index (χ0n) is 9.96. The summed E-state index contributed by atoms with van der Waals surface area (Å²) in [6, 6.07) is -0.293. The number of carbonyl (C=O) groups excluding carboxylic acids is 1. The lowest BCUT2D eigenvalue weighted by atomic mass is 9.84. The van der Waals surface area contributed by atoms with E-state index in [2.05, 4.69) is 0 Å². The van der Waals surface area contributed by atoms with Crippen LogP contribution in [0.3, 0.4) is 0 Å². The standard InChI is InChI=1S/C11H19F3N2O/c1-2-16(7-11(12,13)14)10(17)8-5-3-4-6-9(8)15/h8-9H,2-7,15H2,1H3. The summed E-state index contributed by atoms with van der Waals surface area (Å²) in [5.41, 5.74) is 5.81. The van der Waals surface area contributed by atoms with Gasteiger partial charge in [-0.2, -0.15) is 13.2 Å². The molecule has 100 valence electrons. The zero-order chi connectivity index (χ0) is 13.1. The van der Waals surface area contributed by atoms with Gasteiger partial charge in [0.15, 0.2) is 0 Å². The zero-order valence-corrected chi connectivity index (χ0v) is 9.96. The molecule has 1 aliphatic rings. The Kier molecular flexibility index (Phi) is 4.80. The minimum Gasteiger partial charge on any atom is -0.334 e. The lowest BCUT2D eigenvalue weighted by Crippen LogP contribution is -2.48. The lowest BCUT2D eigenvalue weighted by molar-refractivity contribution is -0.164. The molecular weight excluding hydrogens is 233 g/mol. The maximum absolute atomic E-state index is 12.3. The molecular formula is C11H19F3N2O. The van der Waals surface area contributed by atoms with Crippen molar-refractivity contribution in [2.45, 2.75) is 44.8 Å². The highest BCUT2D eigenvalue weighted by Crippen LogP contribution is 2.26. The molecule has 1 rings (SSSR count). The number of nitrogens with zero attached hydrogens (tertiary/aromatic N) is 1. The van der Waals surface area contributed by atoms with Crippen LogP contribution in [-0.2, 0) is 4.79 Å². The van der Waals surface area contributed by atoms with Gasteiger partial charge in [-0.25, -0.2) is 0 Å². The first-order valence-corrected chi connectivity index (χ1v) is 5.96. The molecule has 0 heterocycles. The average Bonchev–Trinajstić information content (AvgIpc) is 2.24. The first-order chi connectivity index (χ1) is 7.85. The highest BCUT2D eigenvalue weighted by molar-refractivity contribution is 5.79. The second-order valence-electron chi connectivity index (χ2n) is 4.52. The Morgan fingerprint density at radius 1 is 1.35 bits per heavy atom. The van der Waals surface area contributed by atoms with E-state index in [1.807, 2.05) is 0 Å². The lowest BCUT2D eigenvalue weighted by Gasteiger charge is -2.32. The second kappa shape index (κ2) is 5.71. The number of nitrogens with two attached hydrogens (primary N) is 1. The van der Waals surface area contributed by atoms with Crippen LogP contribution in [0, 0.1) is 5.92 Å². The topological polar surface area (TPSA) is 46.3 Å².